The molecule has 0 bridgehead atoms. The van der Waals surface area contributed by atoms with Crippen molar-refractivity contribution in [3.8, 4) is 11.5 Å². The number of carbonyl (C=O) groups excluding carboxylic acids is 2. The second kappa shape index (κ2) is 8.52. The molecule has 0 radical (unpaired) electrons. The molecule has 4 rings (SSSR count). The summed E-state index contributed by atoms with van der Waals surface area (Å²) in [4.78, 5) is 27.7. The summed E-state index contributed by atoms with van der Waals surface area (Å²) in [5, 5.41) is 2.79. The van der Waals surface area contributed by atoms with Crippen LogP contribution in [0.2, 0.25) is 0 Å². The highest BCUT2D eigenvalue weighted by Gasteiger charge is 2.50. The number of likely N-dealkylation sites (N-methyl/N-ethyl adjacent to an activating group) is 1. The number of hydrogen-bond donors (Lipinski definition) is 1. The fourth-order valence-electron chi connectivity index (χ4n) is 3.48. The van der Waals surface area contributed by atoms with Crippen molar-refractivity contribution in [2.45, 2.75) is 26.1 Å². The number of carbonyl (C=O) groups is 2. The molecule has 1 aliphatic rings. The number of nitrogens with one attached hydrogen (secondary N) is 1. The van der Waals surface area contributed by atoms with Crippen LogP contribution in [0.25, 0.3) is 0 Å². The van der Waals surface area contributed by atoms with Crippen LogP contribution in [0, 0.1) is 0 Å². The maximum atomic E-state index is 13.1. The monoisotopic (exact) mass is 416 g/mol. The Bertz CT molecular complexity index is 1080. The summed E-state index contributed by atoms with van der Waals surface area (Å²) < 4.78 is 11.7. The molecule has 0 aromatic heterocycles. The van der Waals surface area contributed by atoms with Crippen molar-refractivity contribution >= 4 is 23.2 Å². The Kier molecular flexibility index (Phi) is 5.62. The molecule has 0 saturated heterocycles. The van der Waals surface area contributed by atoms with Crippen LogP contribution in [0.3, 0.4) is 0 Å². The van der Waals surface area contributed by atoms with E-state index in [1.165, 1.54) is 6.92 Å². The van der Waals surface area contributed by atoms with Crippen LogP contribution in [0.15, 0.2) is 78.9 Å². The minimum absolute atomic E-state index is 0.394. The Hall–Kier alpha value is -3.80. The van der Waals surface area contributed by atoms with Crippen molar-refractivity contribution in [2.24, 2.45) is 0 Å². The van der Waals surface area contributed by atoms with E-state index in [0.717, 1.165) is 5.56 Å². The second-order valence-electron chi connectivity index (χ2n) is 7.41. The van der Waals surface area contributed by atoms with Gasteiger partial charge < -0.3 is 19.7 Å². The standard InChI is InChI=1S/C25H24N2O4/c1-3-27-21-11-7-8-12-22(21)31-25(2,24(27)29)23(28)26-19-13-15-20(16-14-19)30-17-18-9-5-4-6-10-18/h4-16H,3,17H2,1-2H3,(H,26,28). The predicted molar refractivity (Wildman–Crippen MR) is 119 cm³/mol. The topological polar surface area (TPSA) is 67.9 Å². The SMILES string of the molecule is CCN1C(=O)C(C)(C(=O)Nc2ccc(OCc3ccccc3)cc2)Oc2ccccc21. The van der Waals surface area contributed by atoms with Crippen LogP contribution >= 0.6 is 0 Å². The molecule has 1 unspecified atom stereocenters. The van der Waals surface area contributed by atoms with Gasteiger partial charge in [0, 0.05) is 12.2 Å². The Morgan fingerprint density at radius 2 is 1.68 bits per heavy atom. The van der Waals surface area contributed by atoms with Gasteiger partial charge in [-0.1, -0.05) is 42.5 Å². The molecule has 2 amide bonds. The third-order valence-electron chi connectivity index (χ3n) is 5.23. The van der Waals surface area contributed by atoms with Gasteiger partial charge in [-0.2, -0.15) is 0 Å². The zero-order valence-corrected chi connectivity index (χ0v) is 17.5. The van der Waals surface area contributed by atoms with E-state index in [2.05, 4.69) is 5.32 Å². The van der Waals surface area contributed by atoms with Crippen molar-refractivity contribution in [1.82, 2.24) is 0 Å². The highest BCUT2D eigenvalue weighted by molar-refractivity contribution is 6.19. The van der Waals surface area contributed by atoms with Crippen LogP contribution in [0.1, 0.15) is 19.4 Å². The maximum absolute atomic E-state index is 13.1. The minimum Gasteiger partial charge on any atom is -0.489 e. The first-order valence-corrected chi connectivity index (χ1v) is 10.2. The molecule has 0 fully saturated rings. The summed E-state index contributed by atoms with van der Waals surface area (Å²) in [7, 11) is 0. The van der Waals surface area contributed by atoms with Gasteiger partial charge in [-0.3, -0.25) is 9.59 Å². The summed E-state index contributed by atoms with van der Waals surface area (Å²) >= 11 is 0. The molecule has 158 valence electrons. The molecule has 31 heavy (non-hydrogen) atoms. The number of amides is 2. The highest BCUT2D eigenvalue weighted by atomic mass is 16.5. The summed E-state index contributed by atoms with van der Waals surface area (Å²) in [6.07, 6.45) is 0. The first kappa shape index (κ1) is 20.5. The van der Waals surface area contributed by atoms with Crippen LogP contribution in [-0.4, -0.2) is 24.0 Å². The van der Waals surface area contributed by atoms with Gasteiger partial charge in [-0.25, -0.2) is 0 Å². The third kappa shape index (κ3) is 4.10. The highest BCUT2D eigenvalue weighted by Crippen LogP contribution is 2.38. The zero-order valence-electron chi connectivity index (χ0n) is 17.5. The number of para-hydroxylation sites is 2. The molecule has 0 aliphatic carbocycles. The molecule has 6 heteroatoms. The molecule has 1 N–H and O–H groups in total. The fourth-order valence-corrected chi connectivity index (χ4v) is 3.48. The molecule has 3 aromatic rings. The summed E-state index contributed by atoms with van der Waals surface area (Å²) in [6, 6.07) is 24.1. The van der Waals surface area contributed by atoms with Crippen molar-refractivity contribution in [2.75, 3.05) is 16.8 Å². The molecular formula is C25H24N2O4. The van der Waals surface area contributed by atoms with Gasteiger partial charge in [-0.15, -0.1) is 0 Å². The van der Waals surface area contributed by atoms with Gasteiger partial charge in [0.2, 0.25) is 0 Å². The number of hydrogen-bond acceptors (Lipinski definition) is 4. The second-order valence-corrected chi connectivity index (χ2v) is 7.41. The Morgan fingerprint density at radius 1 is 1.00 bits per heavy atom. The lowest BCUT2D eigenvalue weighted by molar-refractivity contribution is -0.145. The lowest BCUT2D eigenvalue weighted by atomic mass is 9.99. The normalized spacial score (nSPS) is 17.5. The Labute approximate surface area is 181 Å². The zero-order chi connectivity index (χ0) is 21.8. The summed E-state index contributed by atoms with van der Waals surface area (Å²) in [5.41, 5.74) is 0.630. The third-order valence-corrected chi connectivity index (χ3v) is 5.23. The van der Waals surface area contributed by atoms with Gasteiger partial charge in [0.05, 0.1) is 5.69 Å². The van der Waals surface area contributed by atoms with Gasteiger partial charge in [0.15, 0.2) is 0 Å². The van der Waals surface area contributed by atoms with Gasteiger partial charge in [0.1, 0.15) is 18.1 Å². The number of ether oxygens (including phenoxy) is 2. The number of nitrogens with zero attached hydrogens (tertiary/aromatic N) is 1. The van der Waals surface area contributed by atoms with Crippen molar-refractivity contribution in [3.05, 3.63) is 84.4 Å². The number of rotatable bonds is 6. The summed E-state index contributed by atoms with van der Waals surface area (Å²) in [5.74, 6) is 0.271. The lowest BCUT2D eigenvalue weighted by Crippen LogP contribution is -2.60. The first-order valence-electron chi connectivity index (χ1n) is 10.2. The van der Waals surface area contributed by atoms with Crippen molar-refractivity contribution in [1.29, 1.82) is 0 Å². The molecule has 3 aromatic carbocycles. The molecule has 0 spiro atoms. The molecule has 0 saturated carbocycles. The first-order chi connectivity index (χ1) is 15.0. The van der Waals surface area contributed by atoms with E-state index in [1.54, 1.807) is 35.2 Å². The fraction of sp³-hybridized carbons (Fsp3) is 0.200. The van der Waals surface area contributed by atoms with Crippen LogP contribution in [0.5, 0.6) is 11.5 Å². The van der Waals surface area contributed by atoms with Gasteiger partial charge in [0.25, 0.3) is 17.4 Å². The molecule has 6 nitrogen and oxygen atoms in total. The molecule has 1 atom stereocenters. The van der Waals surface area contributed by atoms with E-state index in [0.29, 0.717) is 36.0 Å². The summed E-state index contributed by atoms with van der Waals surface area (Å²) in [6.45, 7) is 4.27. The molecule has 1 heterocycles. The number of anilines is 2. The van der Waals surface area contributed by atoms with Gasteiger partial charge in [-0.05, 0) is 55.8 Å². The minimum atomic E-state index is -1.66. The lowest BCUT2D eigenvalue weighted by Gasteiger charge is -2.39. The quantitative estimate of drug-likeness (QED) is 0.605. The van der Waals surface area contributed by atoms with E-state index in [4.69, 9.17) is 9.47 Å². The predicted octanol–water partition coefficient (Wildman–Crippen LogP) is 4.41. The number of benzene rings is 3. The Morgan fingerprint density at radius 3 is 2.39 bits per heavy atom. The van der Waals surface area contributed by atoms with E-state index in [1.807, 2.05) is 55.5 Å². The molecular weight excluding hydrogens is 392 g/mol. The van der Waals surface area contributed by atoms with Crippen molar-refractivity contribution in [3.63, 3.8) is 0 Å². The number of fused-ring (bicyclic) bond motifs is 1. The van der Waals surface area contributed by atoms with Crippen LogP contribution in [-0.2, 0) is 16.2 Å². The van der Waals surface area contributed by atoms with E-state index < -0.39 is 17.4 Å². The smallest absolute Gasteiger partial charge is 0.280 e. The van der Waals surface area contributed by atoms with Crippen LogP contribution in [0.4, 0.5) is 11.4 Å². The largest absolute Gasteiger partial charge is 0.489 e. The van der Waals surface area contributed by atoms with Crippen molar-refractivity contribution < 1.29 is 19.1 Å². The average Bonchev–Trinajstić information content (AvgIpc) is 2.80. The Balaban J connectivity index is 1.45. The van der Waals surface area contributed by atoms with Gasteiger partial charge >= 0.3 is 0 Å². The van der Waals surface area contributed by atoms with E-state index in [-0.39, 0.29) is 0 Å². The van der Waals surface area contributed by atoms with E-state index >= 15 is 0 Å². The molecule has 1 aliphatic heterocycles. The maximum Gasteiger partial charge on any atom is 0.280 e. The van der Waals surface area contributed by atoms with Crippen LogP contribution < -0.4 is 19.7 Å². The van der Waals surface area contributed by atoms with E-state index in [9.17, 15) is 9.59 Å². The average molecular weight is 416 g/mol.